The van der Waals surface area contributed by atoms with Crippen molar-refractivity contribution < 1.29 is 14.2 Å². The number of benzene rings is 1. The van der Waals surface area contributed by atoms with Gasteiger partial charge in [0.1, 0.15) is 23.8 Å². The molecule has 1 N–H and O–H groups in total. The number of aliphatic hydroxyl groups is 1. The number of likely N-dealkylation sites (tertiary alicyclic amines) is 1. The summed E-state index contributed by atoms with van der Waals surface area (Å²) in [6, 6.07) is 6.40. The number of hydrogen-bond donors (Lipinski definition) is 1. The molecule has 0 aliphatic carbocycles. The predicted octanol–water partition coefficient (Wildman–Crippen LogP) is 1.66. The van der Waals surface area contributed by atoms with Crippen LogP contribution in [0.25, 0.3) is 0 Å². The Morgan fingerprint density at radius 1 is 1.41 bits per heavy atom. The van der Waals surface area contributed by atoms with Crippen molar-refractivity contribution in [2.45, 2.75) is 32.1 Å². The van der Waals surface area contributed by atoms with E-state index in [1.807, 2.05) is 0 Å². The molecule has 0 saturated carbocycles. The van der Waals surface area contributed by atoms with Gasteiger partial charge in [0.2, 0.25) is 0 Å². The number of aliphatic hydroxyl groups excluding tert-OH is 1. The highest BCUT2D eigenvalue weighted by molar-refractivity contribution is 5.23. The average Bonchev–Trinajstić information content (AvgIpc) is 2.61. The van der Waals surface area contributed by atoms with Gasteiger partial charge in [0.05, 0.1) is 0 Å². The Kier molecular flexibility index (Phi) is 3.64. The van der Waals surface area contributed by atoms with Gasteiger partial charge < -0.3 is 9.84 Å². The normalized spacial score (nSPS) is 25.5. The van der Waals surface area contributed by atoms with E-state index in [9.17, 15) is 9.50 Å². The summed E-state index contributed by atoms with van der Waals surface area (Å²) in [6.45, 7) is 5.45. The second-order valence-corrected chi connectivity index (χ2v) is 4.73. The molecular formula is C13H18FNO2. The van der Waals surface area contributed by atoms with Gasteiger partial charge in [-0.1, -0.05) is 6.07 Å². The van der Waals surface area contributed by atoms with Gasteiger partial charge in [0.15, 0.2) is 0 Å². The Morgan fingerprint density at radius 2 is 2.18 bits per heavy atom. The summed E-state index contributed by atoms with van der Waals surface area (Å²) in [6.07, 6.45) is -0.792. The van der Waals surface area contributed by atoms with Crippen molar-refractivity contribution in [3.05, 3.63) is 30.1 Å². The summed E-state index contributed by atoms with van der Waals surface area (Å²) in [5, 5.41) is 9.88. The van der Waals surface area contributed by atoms with Gasteiger partial charge in [-0.25, -0.2) is 4.39 Å². The van der Waals surface area contributed by atoms with Crippen LogP contribution >= 0.6 is 0 Å². The molecule has 0 aromatic heterocycles. The second kappa shape index (κ2) is 5.02. The highest BCUT2D eigenvalue weighted by Gasteiger charge is 2.34. The van der Waals surface area contributed by atoms with Crippen LogP contribution in [-0.4, -0.2) is 41.3 Å². The summed E-state index contributed by atoms with van der Waals surface area (Å²) in [5.41, 5.74) is 0. The molecule has 0 radical (unpaired) electrons. The van der Waals surface area contributed by atoms with Gasteiger partial charge in [-0.15, -0.1) is 0 Å². The van der Waals surface area contributed by atoms with Crippen LogP contribution in [0.5, 0.6) is 5.75 Å². The molecule has 0 amide bonds. The van der Waals surface area contributed by atoms with E-state index in [4.69, 9.17) is 4.74 Å². The minimum atomic E-state index is -0.513. The number of β-amino-alcohol motifs (C(OH)–C–C–N with tert-alkyl or cyclic N) is 1. The van der Waals surface area contributed by atoms with Crippen molar-refractivity contribution >= 4 is 0 Å². The summed E-state index contributed by atoms with van der Waals surface area (Å²) >= 11 is 0. The van der Waals surface area contributed by atoms with Crippen molar-refractivity contribution in [2.24, 2.45) is 0 Å². The molecule has 3 nitrogen and oxygen atoms in total. The van der Waals surface area contributed by atoms with Gasteiger partial charge in [0, 0.05) is 25.2 Å². The van der Waals surface area contributed by atoms with Crippen molar-refractivity contribution in [3.63, 3.8) is 0 Å². The maximum Gasteiger partial charge on any atom is 0.138 e. The molecule has 1 saturated heterocycles. The first-order chi connectivity index (χ1) is 8.06. The highest BCUT2D eigenvalue weighted by Crippen LogP contribution is 2.20. The first kappa shape index (κ1) is 12.3. The lowest BCUT2D eigenvalue weighted by atomic mass is 10.2. The molecule has 1 aromatic carbocycles. The summed E-state index contributed by atoms with van der Waals surface area (Å²) in [5.74, 6) is 0.148. The van der Waals surface area contributed by atoms with Crippen molar-refractivity contribution in [3.8, 4) is 5.75 Å². The molecule has 4 heteroatoms. The molecule has 0 bridgehead atoms. The predicted molar refractivity (Wildman–Crippen MR) is 63.5 cm³/mol. The minimum absolute atomic E-state index is 0.279. The molecule has 1 aliphatic heterocycles. The van der Waals surface area contributed by atoms with Crippen molar-refractivity contribution in [1.82, 2.24) is 4.90 Å². The molecule has 1 heterocycles. The van der Waals surface area contributed by atoms with Crippen LogP contribution in [0.1, 0.15) is 13.8 Å². The monoisotopic (exact) mass is 239 g/mol. The smallest absolute Gasteiger partial charge is 0.138 e. The highest BCUT2D eigenvalue weighted by atomic mass is 19.1. The third kappa shape index (κ3) is 2.96. The minimum Gasteiger partial charge on any atom is -0.486 e. The quantitative estimate of drug-likeness (QED) is 0.870. The number of halogens is 1. The summed E-state index contributed by atoms with van der Waals surface area (Å²) in [7, 11) is 0. The zero-order valence-corrected chi connectivity index (χ0v) is 10.1. The lowest BCUT2D eigenvalue weighted by Crippen LogP contribution is -2.31. The maximum atomic E-state index is 13.0. The number of nitrogens with zero attached hydrogens (tertiary/aromatic N) is 1. The van der Waals surface area contributed by atoms with Gasteiger partial charge in [-0.05, 0) is 26.0 Å². The molecule has 1 aliphatic rings. The van der Waals surface area contributed by atoms with Crippen LogP contribution in [0.3, 0.4) is 0 Å². The second-order valence-electron chi connectivity index (χ2n) is 4.73. The summed E-state index contributed by atoms with van der Waals surface area (Å²) in [4.78, 5) is 2.15. The number of hydrogen-bond acceptors (Lipinski definition) is 3. The Balaban J connectivity index is 2.00. The fourth-order valence-corrected chi connectivity index (χ4v) is 2.04. The molecule has 94 valence electrons. The van der Waals surface area contributed by atoms with Crippen LogP contribution in [0.2, 0.25) is 0 Å². The van der Waals surface area contributed by atoms with Crippen molar-refractivity contribution in [1.29, 1.82) is 0 Å². The first-order valence-electron chi connectivity index (χ1n) is 5.90. The zero-order valence-electron chi connectivity index (χ0n) is 10.1. The Morgan fingerprint density at radius 3 is 2.76 bits per heavy atom. The Labute approximate surface area is 101 Å². The maximum absolute atomic E-state index is 13.0. The molecule has 1 aromatic rings. The molecule has 0 unspecified atom stereocenters. The topological polar surface area (TPSA) is 32.7 Å². The van der Waals surface area contributed by atoms with Crippen LogP contribution < -0.4 is 4.74 Å². The van der Waals surface area contributed by atoms with Gasteiger partial charge >= 0.3 is 0 Å². The average molecular weight is 239 g/mol. The van der Waals surface area contributed by atoms with Gasteiger partial charge in [0.25, 0.3) is 0 Å². The lowest BCUT2D eigenvalue weighted by Gasteiger charge is -2.19. The molecule has 2 rings (SSSR count). The van der Waals surface area contributed by atoms with E-state index < -0.39 is 6.10 Å². The zero-order chi connectivity index (χ0) is 12.4. The van der Waals surface area contributed by atoms with Crippen LogP contribution in [-0.2, 0) is 0 Å². The Hall–Kier alpha value is -1.13. The van der Waals surface area contributed by atoms with Gasteiger partial charge in [-0.2, -0.15) is 0 Å². The lowest BCUT2D eigenvalue weighted by molar-refractivity contribution is 0.0734. The standard InChI is InChI=1S/C13H18FNO2/c1-9(2)15-7-12(16)13(8-15)17-11-5-3-4-10(14)6-11/h3-6,9,12-13,16H,7-8H2,1-2H3/t12-,13-/m1/s1. The van der Waals surface area contributed by atoms with E-state index in [1.54, 1.807) is 12.1 Å². The largest absolute Gasteiger partial charge is 0.486 e. The first-order valence-corrected chi connectivity index (χ1v) is 5.90. The SMILES string of the molecule is CC(C)N1C[C@@H](O)[C@H](Oc2cccc(F)c2)C1. The number of rotatable bonds is 3. The molecule has 2 atom stereocenters. The molecule has 1 fully saturated rings. The summed E-state index contributed by atoms with van der Waals surface area (Å²) < 4.78 is 18.6. The van der Waals surface area contributed by atoms with E-state index in [1.165, 1.54) is 12.1 Å². The van der Waals surface area contributed by atoms with Crippen LogP contribution in [0, 0.1) is 5.82 Å². The van der Waals surface area contributed by atoms with Crippen LogP contribution in [0.4, 0.5) is 4.39 Å². The molecule has 17 heavy (non-hydrogen) atoms. The Bertz CT molecular complexity index is 383. The van der Waals surface area contributed by atoms with E-state index in [0.717, 1.165) is 0 Å². The fourth-order valence-electron chi connectivity index (χ4n) is 2.04. The molecular weight excluding hydrogens is 221 g/mol. The molecule has 0 spiro atoms. The number of ether oxygens (including phenoxy) is 1. The fraction of sp³-hybridized carbons (Fsp3) is 0.538. The van der Waals surface area contributed by atoms with E-state index in [2.05, 4.69) is 18.7 Å². The van der Waals surface area contributed by atoms with E-state index in [0.29, 0.717) is 24.9 Å². The van der Waals surface area contributed by atoms with Crippen LogP contribution in [0.15, 0.2) is 24.3 Å². The van der Waals surface area contributed by atoms with E-state index in [-0.39, 0.29) is 11.9 Å². The van der Waals surface area contributed by atoms with E-state index >= 15 is 0 Å². The van der Waals surface area contributed by atoms with Crippen molar-refractivity contribution in [2.75, 3.05) is 13.1 Å². The third-order valence-corrected chi connectivity index (χ3v) is 3.08. The third-order valence-electron chi connectivity index (χ3n) is 3.08. The van der Waals surface area contributed by atoms with Gasteiger partial charge in [-0.3, -0.25) is 4.90 Å².